The Morgan fingerprint density at radius 3 is 1.77 bits per heavy atom. The number of carbonyl (C=O) groups is 1. The first kappa shape index (κ1) is 19.6. The maximum atomic E-state index is 12.9. The maximum absolute atomic E-state index is 12.9. The van der Waals surface area contributed by atoms with Crippen molar-refractivity contribution in [2.75, 3.05) is 0 Å². The van der Waals surface area contributed by atoms with Gasteiger partial charge < -0.3 is 9.84 Å². The Morgan fingerprint density at radius 1 is 0.800 bits per heavy atom. The van der Waals surface area contributed by atoms with Gasteiger partial charge in [0.05, 0.1) is 17.3 Å². The van der Waals surface area contributed by atoms with Crippen LogP contribution in [0.25, 0.3) is 33.3 Å². The van der Waals surface area contributed by atoms with Gasteiger partial charge in [-0.05, 0) is 35.4 Å². The van der Waals surface area contributed by atoms with E-state index in [4.69, 9.17) is 5.11 Å². The average molecular weight is 428 g/mol. The van der Waals surface area contributed by atoms with Gasteiger partial charge in [-0.1, -0.05) is 36.4 Å². The minimum atomic E-state index is -2.53. The fourth-order valence-electron chi connectivity index (χ4n) is 2.97. The SMILES string of the molecule is O=C(O)c1ccc(-c2ccc(-c3ccc(OC(F)=C(F)F)cc3)c3nsnc23)cc1. The van der Waals surface area contributed by atoms with E-state index >= 15 is 0 Å². The van der Waals surface area contributed by atoms with Crippen molar-refractivity contribution in [3.8, 4) is 28.0 Å². The van der Waals surface area contributed by atoms with Crippen LogP contribution in [0.4, 0.5) is 13.2 Å². The smallest absolute Gasteiger partial charge is 0.344 e. The van der Waals surface area contributed by atoms with E-state index in [0.717, 1.165) is 34.0 Å². The molecule has 0 saturated heterocycles. The highest BCUT2D eigenvalue weighted by molar-refractivity contribution is 7.00. The molecule has 3 aromatic carbocycles. The molecule has 4 rings (SSSR count). The lowest BCUT2D eigenvalue weighted by Gasteiger charge is -2.08. The van der Waals surface area contributed by atoms with Gasteiger partial charge in [0.15, 0.2) is 0 Å². The number of carboxylic acid groups (broad SMARTS) is 1. The van der Waals surface area contributed by atoms with Gasteiger partial charge >= 0.3 is 18.1 Å². The van der Waals surface area contributed by atoms with Gasteiger partial charge in [-0.25, -0.2) is 4.79 Å². The standard InChI is InChI=1S/C21H11F3N2O3S/c22-19(23)20(24)29-14-7-5-12(6-8-14)16-10-9-15(17-18(16)26-30-25-17)11-1-3-13(4-2-11)21(27)28/h1-10H,(H,27,28). The van der Waals surface area contributed by atoms with Gasteiger partial charge in [-0.3, -0.25) is 0 Å². The van der Waals surface area contributed by atoms with Crippen LogP contribution in [0.2, 0.25) is 0 Å². The molecule has 0 atom stereocenters. The minimum absolute atomic E-state index is 0.0631. The molecule has 0 radical (unpaired) electrons. The summed E-state index contributed by atoms with van der Waals surface area (Å²) in [5.41, 5.74) is 4.53. The van der Waals surface area contributed by atoms with Crippen molar-refractivity contribution in [2.24, 2.45) is 0 Å². The lowest BCUT2D eigenvalue weighted by molar-refractivity contribution is 0.0697. The van der Waals surface area contributed by atoms with E-state index < -0.39 is 18.1 Å². The molecular formula is C21H11F3N2O3S. The topological polar surface area (TPSA) is 72.3 Å². The van der Waals surface area contributed by atoms with E-state index in [1.54, 1.807) is 24.3 Å². The molecule has 0 fully saturated rings. The van der Waals surface area contributed by atoms with Crippen molar-refractivity contribution >= 4 is 28.7 Å². The molecule has 30 heavy (non-hydrogen) atoms. The number of ether oxygens (including phenoxy) is 1. The Bertz CT molecular complexity index is 1270. The van der Waals surface area contributed by atoms with Crippen molar-refractivity contribution in [3.05, 3.63) is 78.3 Å². The number of hydrogen-bond donors (Lipinski definition) is 1. The molecule has 1 N–H and O–H groups in total. The first-order valence-electron chi connectivity index (χ1n) is 8.52. The number of carboxylic acids is 1. The van der Waals surface area contributed by atoms with E-state index in [9.17, 15) is 18.0 Å². The highest BCUT2D eigenvalue weighted by Crippen LogP contribution is 2.35. The number of nitrogens with zero attached hydrogens (tertiary/aromatic N) is 2. The van der Waals surface area contributed by atoms with E-state index in [0.29, 0.717) is 11.0 Å². The number of aromatic nitrogens is 2. The largest absolute Gasteiger partial charge is 0.478 e. The normalized spacial score (nSPS) is 10.8. The van der Waals surface area contributed by atoms with Crippen molar-refractivity contribution in [3.63, 3.8) is 0 Å². The molecule has 0 aliphatic carbocycles. The van der Waals surface area contributed by atoms with Crippen LogP contribution in [-0.4, -0.2) is 19.8 Å². The molecule has 1 heterocycles. The maximum Gasteiger partial charge on any atom is 0.344 e. The van der Waals surface area contributed by atoms with E-state index in [-0.39, 0.29) is 11.3 Å². The van der Waals surface area contributed by atoms with Crippen LogP contribution in [-0.2, 0) is 0 Å². The van der Waals surface area contributed by atoms with Gasteiger partial charge in [0.2, 0.25) is 0 Å². The first-order chi connectivity index (χ1) is 14.4. The summed E-state index contributed by atoms with van der Waals surface area (Å²) in [7, 11) is 0. The average Bonchev–Trinajstić information content (AvgIpc) is 3.24. The Labute approximate surface area is 172 Å². The third-order valence-corrected chi connectivity index (χ3v) is 4.91. The third kappa shape index (κ3) is 3.74. The number of halogens is 3. The van der Waals surface area contributed by atoms with E-state index in [1.807, 2.05) is 12.1 Å². The van der Waals surface area contributed by atoms with Gasteiger partial charge in [-0.15, -0.1) is 0 Å². The number of fused-ring (bicyclic) bond motifs is 1. The van der Waals surface area contributed by atoms with Crippen molar-refractivity contribution < 1.29 is 27.8 Å². The van der Waals surface area contributed by atoms with Crippen LogP contribution in [0, 0.1) is 0 Å². The number of aromatic carboxylic acids is 1. The predicted octanol–water partition coefficient (Wildman–Crippen LogP) is 6.14. The molecular weight excluding hydrogens is 417 g/mol. The van der Waals surface area contributed by atoms with Crippen LogP contribution in [0.15, 0.2) is 72.8 Å². The summed E-state index contributed by atoms with van der Waals surface area (Å²) in [6.07, 6.45) is -2.53. The third-order valence-electron chi connectivity index (χ3n) is 4.38. The second-order valence-corrected chi connectivity index (χ2v) is 6.69. The zero-order valence-corrected chi connectivity index (χ0v) is 15.8. The molecule has 1 aromatic heterocycles. The molecule has 0 bridgehead atoms. The molecule has 0 amide bonds. The number of benzene rings is 3. The van der Waals surface area contributed by atoms with Crippen LogP contribution >= 0.6 is 11.7 Å². The van der Waals surface area contributed by atoms with Gasteiger partial charge in [-0.2, -0.15) is 21.9 Å². The van der Waals surface area contributed by atoms with Crippen molar-refractivity contribution in [2.45, 2.75) is 0 Å². The summed E-state index contributed by atoms with van der Waals surface area (Å²) in [5.74, 6) is -1.07. The predicted molar refractivity (Wildman–Crippen MR) is 106 cm³/mol. The summed E-state index contributed by atoms with van der Waals surface area (Å²) in [5, 5.41) is 9.05. The minimum Gasteiger partial charge on any atom is -0.478 e. The molecule has 9 heteroatoms. The first-order valence-corrected chi connectivity index (χ1v) is 9.25. The summed E-state index contributed by atoms with van der Waals surface area (Å²) in [6.45, 7) is 0. The zero-order valence-electron chi connectivity index (χ0n) is 15.0. The summed E-state index contributed by atoms with van der Waals surface area (Å²) in [4.78, 5) is 11.0. The molecule has 0 aliphatic rings. The van der Waals surface area contributed by atoms with Crippen LogP contribution < -0.4 is 4.74 Å². The summed E-state index contributed by atoms with van der Waals surface area (Å²) in [6, 6.07) is 14.2. The van der Waals surface area contributed by atoms with Crippen molar-refractivity contribution in [1.82, 2.24) is 8.75 Å². The van der Waals surface area contributed by atoms with Crippen LogP contribution in [0.1, 0.15) is 10.4 Å². The highest BCUT2D eigenvalue weighted by Gasteiger charge is 2.14. The van der Waals surface area contributed by atoms with Crippen molar-refractivity contribution in [1.29, 1.82) is 0 Å². The summed E-state index contributed by atoms with van der Waals surface area (Å²) < 4.78 is 50.4. The van der Waals surface area contributed by atoms with E-state index in [2.05, 4.69) is 13.5 Å². The lowest BCUT2D eigenvalue weighted by atomic mass is 9.97. The molecule has 5 nitrogen and oxygen atoms in total. The fourth-order valence-corrected chi connectivity index (χ4v) is 3.54. The van der Waals surface area contributed by atoms with Gasteiger partial charge in [0.25, 0.3) is 0 Å². The van der Waals surface area contributed by atoms with Crippen LogP contribution in [0.3, 0.4) is 0 Å². The monoisotopic (exact) mass is 428 g/mol. The van der Waals surface area contributed by atoms with E-state index in [1.165, 1.54) is 24.3 Å². The van der Waals surface area contributed by atoms with Gasteiger partial charge in [0.1, 0.15) is 16.8 Å². The van der Waals surface area contributed by atoms with Crippen LogP contribution in [0.5, 0.6) is 5.75 Å². The lowest BCUT2D eigenvalue weighted by Crippen LogP contribution is -1.95. The highest BCUT2D eigenvalue weighted by atomic mass is 32.1. The zero-order chi connectivity index (χ0) is 21.3. The second-order valence-electron chi connectivity index (χ2n) is 6.17. The Kier molecular flexibility index (Phi) is 5.20. The quantitative estimate of drug-likeness (QED) is 0.387. The molecule has 0 aliphatic heterocycles. The summed E-state index contributed by atoms with van der Waals surface area (Å²) >= 11 is 1.04. The Balaban J connectivity index is 1.70. The number of hydrogen-bond acceptors (Lipinski definition) is 5. The fraction of sp³-hybridized carbons (Fsp3) is 0. The Morgan fingerprint density at radius 2 is 1.30 bits per heavy atom. The molecule has 0 saturated carbocycles. The molecule has 150 valence electrons. The molecule has 4 aromatic rings. The number of rotatable bonds is 5. The molecule has 0 unspecified atom stereocenters. The Hall–Kier alpha value is -3.72. The van der Waals surface area contributed by atoms with Gasteiger partial charge in [0, 0.05) is 11.1 Å². The molecule has 0 spiro atoms. The second kappa shape index (κ2) is 7.96.